The number of ether oxygens (including phenoxy) is 1. The molecule has 0 aromatic rings. The molecule has 0 aromatic carbocycles. The molecule has 2 amide bonds. The number of hydrogen-bond donors (Lipinski definition) is 2. The zero-order valence-corrected chi connectivity index (χ0v) is 11.9. The van der Waals surface area contributed by atoms with Crippen LogP contribution in [0.3, 0.4) is 0 Å². The van der Waals surface area contributed by atoms with Gasteiger partial charge in [0.25, 0.3) is 0 Å². The minimum atomic E-state index is -0.816. The average Bonchev–Trinajstić information content (AvgIpc) is 2.39. The topological polar surface area (TPSA) is 95.9 Å². The summed E-state index contributed by atoms with van der Waals surface area (Å²) in [5.41, 5.74) is 0. The van der Waals surface area contributed by atoms with Crippen molar-refractivity contribution in [2.75, 3.05) is 20.2 Å². The molecule has 1 fully saturated rings. The number of carboxylic acids is 1. The first kappa shape index (κ1) is 16.3. The van der Waals surface area contributed by atoms with Crippen molar-refractivity contribution < 1.29 is 24.2 Å². The predicted molar refractivity (Wildman–Crippen MR) is 71.2 cm³/mol. The van der Waals surface area contributed by atoms with Crippen molar-refractivity contribution in [1.82, 2.24) is 10.2 Å². The molecule has 2 atom stereocenters. The molecule has 1 saturated carbocycles. The molecule has 2 unspecified atom stereocenters. The fourth-order valence-electron chi connectivity index (χ4n) is 2.30. The number of rotatable bonds is 5. The van der Waals surface area contributed by atoms with Gasteiger partial charge in [-0.25, -0.2) is 4.79 Å². The van der Waals surface area contributed by atoms with Crippen molar-refractivity contribution in [3.8, 4) is 0 Å². The van der Waals surface area contributed by atoms with E-state index in [4.69, 9.17) is 9.84 Å². The van der Waals surface area contributed by atoms with Crippen molar-refractivity contribution in [3.05, 3.63) is 0 Å². The summed E-state index contributed by atoms with van der Waals surface area (Å²) in [7, 11) is 1.50. The summed E-state index contributed by atoms with van der Waals surface area (Å²) in [5.74, 6) is -1.68. The van der Waals surface area contributed by atoms with E-state index in [1.165, 1.54) is 11.9 Å². The average molecular weight is 286 g/mol. The largest absolute Gasteiger partial charge is 0.481 e. The number of carboxylic acid groups (broad SMARTS) is 1. The molecular weight excluding hydrogens is 264 g/mol. The van der Waals surface area contributed by atoms with Crippen LogP contribution in [0.4, 0.5) is 4.79 Å². The predicted octanol–water partition coefficient (Wildman–Crippen LogP) is 0.834. The molecule has 0 saturated heterocycles. The number of urea groups is 1. The van der Waals surface area contributed by atoms with Gasteiger partial charge < -0.3 is 20.1 Å². The highest BCUT2D eigenvalue weighted by Crippen LogP contribution is 2.24. The van der Waals surface area contributed by atoms with Gasteiger partial charge >= 0.3 is 18.0 Å². The van der Waals surface area contributed by atoms with Crippen LogP contribution < -0.4 is 5.32 Å². The molecule has 2 N–H and O–H groups in total. The number of carbonyl (C=O) groups excluding carboxylic acids is 2. The minimum Gasteiger partial charge on any atom is -0.481 e. The fourth-order valence-corrected chi connectivity index (χ4v) is 2.30. The van der Waals surface area contributed by atoms with E-state index in [2.05, 4.69) is 5.32 Å². The summed E-state index contributed by atoms with van der Waals surface area (Å²) in [5, 5.41) is 11.8. The first-order chi connectivity index (χ1) is 9.43. The SMILES string of the molecule is CCOC(=O)CN(C)C(=O)NC1CCCC(C(=O)O)C1. The van der Waals surface area contributed by atoms with Gasteiger partial charge in [0, 0.05) is 13.1 Å². The monoisotopic (exact) mass is 286 g/mol. The molecule has 0 heterocycles. The zero-order chi connectivity index (χ0) is 15.1. The summed E-state index contributed by atoms with van der Waals surface area (Å²) in [6, 6.07) is -0.531. The van der Waals surface area contributed by atoms with Gasteiger partial charge in [-0.2, -0.15) is 0 Å². The van der Waals surface area contributed by atoms with E-state index < -0.39 is 17.9 Å². The van der Waals surface area contributed by atoms with E-state index in [0.717, 1.165) is 12.8 Å². The Labute approximate surface area is 118 Å². The van der Waals surface area contributed by atoms with Crippen LogP contribution in [0.15, 0.2) is 0 Å². The number of amides is 2. The Morgan fingerprint density at radius 3 is 2.65 bits per heavy atom. The summed E-state index contributed by atoms with van der Waals surface area (Å²) in [6.45, 7) is 1.86. The van der Waals surface area contributed by atoms with Crippen LogP contribution in [-0.4, -0.2) is 54.2 Å². The molecule has 114 valence electrons. The maximum absolute atomic E-state index is 11.9. The molecule has 1 aliphatic carbocycles. The molecule has 7 heteroatoms. The third-order valence-electron chi connectivity index (χ3n) is 3.37. The van der Waals surface area contributed by atoms with E-state index in [1.54, 1.807) is 6.92 Å². The Morgan fingerprint density at radius 2 is 2.05 bits per heavy atom. The lowest BCUT2D eigenvalue weighted by atomic mass is 9.86. The van der Waals surface area contributed by atoms with Gasteiger partial charge in [0.15, 0.2) is 0 Å². The second kappa shape index (κ2) is 7.72. The molecule has 0 aliphatic heterocycles. The third-order valence-corrected chi connectivity index (χ3v) is 3.37. The van der Waals surface area contributed by atoms with E-state index in [1.807, 2.05) is 0 Å². The van der Waals surface area contributed by atoms with Gasteiger partial charge in [-0.05, 0) is 26.2 Å². The van der Waals surface area contributed by atoms with E-state index >= 15 is 0 Å². The van der Waals surface area contributed by atoms with E-state index in [0.29, 0.717) is 12.8 Å². The Morgan fingerprint density at radius 1 is 1.35 bits per heavy atom. The second-order valence-corrected chi connectivity index (χ2v) is 5.01. The second-order valence-electron chi connectivity index (χ2n) is 5.01. The Hall–Kier alpha value is -1.79. The number of aliphatic carboxylic acids is 1. The van der Waals surface area contributed by atoms with Crippen LogP contribution in [0.1, 0.15) is 32.6 Å². The van der Waals surface area contributed by atoms with E-state index in [9.17, 15) is 14.4 Å². The maximum atomic E-state index is 11.9. The third kappa shape index (κ3) is 5.07. The Bertz CT molecular complexity index is 372. The van der Waals surface area contributed by atoms with Gasteiger partial charge in [-0.3, -0.25) is 9.59 Å². The number of nitrogens with one attached hydrogen (secondary N) is 1. The minimum absolute atomic E-state index is 0.116. The van der Waals surface area contributed by atoms with E-state index in [-0.39, 0.29) is 25.2 Å². The Kier molecular flexibility index (Phi) is 6.27. The van der Waals surface area contributed by atoms with Crippen molar-refractivity contribution >= 4 is 18.0 Å². The van der Waals surface area contributed by atoms with Crippen LogP contribution in [0.2, 0.25) is 0 Å². The first-order valence-electron chi connectivity index (χ1n) is 6.84. The molecule has 7 nitrogen and oxygen atoms in total. The zero-order valence-electron chi connectivity index (χ0n) is 11.9. The van der Waals surface area contributed by atoms with Gasteiger partial charge in [0.2, 0.25) is 0 Å². The van der Waals surface area contributed by atoms with Gasteiger partial charge in [-0.15, -0.1) is 0 Å². The molecule has 0 bridgehead atoms. The highest BCUT2D eigenvalue weighted by molar-refractivity contribution is 5.81. The first-order valence-corrected chi connectivity index (χ1v) is 6.84. The van der Waals surface area contributed by atoms with Crippen molar-refractivity contribution in [3.63, 3.8) is 0 Å². The molecule has 1 rings (SSSR count). The highest BCUT2D eigenvalue weighted by atomic mass is 16.5. The molecule has 20 heavy (non-hydrogen) atoms. The summed E-state index contributed by atoms with van der Waals surface area (Å²) in [6.07, 6.45) is 2.64. The molecule has 1 aliphatic rings. The molecule has 0 spiro atoms. The van der Waals surface area contributed by atoms with Crippen LogP contribution >= 0.6 is 0 Å². The molecular formula is C13H22N2O5. The summed E-state index contributed by atoms with van der Waals surface area (Å²) >= 11 is 0. The summed E-state index contributed by atoms with van der Waals surface area (Å²) < 4.78 is 4.76. The number of nitrogens with zero attached hydrogens (tertiary/aromatic N) is 1. The number of esters is 1. The Balaban J connectivity index is 2.41. The van der Waals surface area contributed by atoms with Crippen LogP contribution in [-0.2, 0) is 14.3 Å². The lowest BCUT2D eigenvalue weighted by Gasteiger charge is -2.29. The fraction of sp³-hybridized carbons (Fsp3) is 0.769. The van der Waals surface area contributed by atoms with Gasteiger partial charge in [-0.1, -0.05) is 6.42 Å². The maximum Gasteiger partial charge on any atom is 0.325 e. The van der Waals surface area contributed by atoms with Crippen LogP contribution in [0.5, 0.6) is 0 Å². The standard InChI is InChI=1S/C13H22N2O5/c1-3-20-11(16)8-15(2)13(19)14-10-6-4-5-9(7-10)12(17)18/h9-10H,3-8H2,1-2H3,(H,14,19)(H,17,18). The number of carbonyl (C=O) groups is 3. The van der Waals surface area contributed by atoms with Gasteiger partial charge in [0.05, 0.1) is 12.5 Å². The van der Waals surface area contributed by atoms with Gasteiger partial charge in [0.1, 0.15) is 6.54 Å². The normalized spacial score (nSPS) is 21.9. The smallest absolute Gasteiger partial charge is 0.325 e. The lowest BCUT2D eigenvalue weighted by molar-refractivity contribution is -0.143. The van der Waals surface area contributed by atoms with Crippen molar-refractivity contribution in [2.24, 2.45) is 5.92 Å². The number of likely N-dealkylation sites (N-methyl/N-ethyl adjacent to an activating group) is 1. The lowest BCUT2D eigenvalue weighted by Crippen LogP contribution is -2.47. The molecule has 0 radical (unpaired) electrons. The van der Waals surface area contributed by atoms with Crippen LogP contribution in [0, 0.1) is 5.92 Å². The highest BCUT2D eigenvalue weighted by Gasteiger charge is 2.28. The molecule has 0 aromatic heterocycles. The van der Waals surface area contributed by atoms with Crippen molar-refractivity contribution in [1.29, 1.82) is 0 Å². The quantitative estimate of drug-likeness (QED) is 0.730. The van der Waals surface area contributed by atoms with Crippen LogP contribution in [0.25, 0.3) is 0 Å². The summed E-state index contributed by atoms with van der Waals surface area (Å²) in [4.78, 5) is 35.3. The number of hydrogen-bond acceptors (Lipinski definition) is 4. The van der Waals surface area contributed by atoms with Crippen molar-refractivity contribution in [2.45, 2.75) is 38.6 Å².